The number of rotatable bonds is 9. The smallest absolute Gasteiger partial charge is 0.341 e. The molecule has 2 rings (SSSR count). The predicted octanol–water partition coefficient (Wildman–Crippen LogP) is 2.54. The van der Waals surface area contributed by atoms with Crippen molar-refractivity contribution >= 4 is 40.9 Å². The second kappa shape index (κ2) is 9.97. The Hall–Kier alpha value is -3.01. The van der Waals surface area contributed by atoms with E-state index >= 15 is 0 Å². The van der Waals surface area contributed by atoms with Crippen molar-refractivity contribution in [2.75, 3.05) is 20.3 Å². The zero-order valence-corrected chi connectivity index (χ0v) is 17.0. The normalized spacial score (nSPS) is 16.1. The number of thioether (sulfide) groups is 1. The van der Waals surface area contributed by atoms with Gasteiger partial charge in [0, 0.05) is 0 Å². The number of benzene rings is 1. The van der Waals surface area contributed by atoms with E-state index in [-0.39, 0.29) is 22.5 Å². The van der Waals surface area contributed by atoms with E-state index in [1.54, 1.807) is 19.1 Å². The van der Waals surface area contributed by atoms with E-state index in [0.717, 1.165) is 4.90 Å². The zero-order valence-electron chi connectivity index (χ0n) is 16.2. The second-order valence-corrected chi connectivity index (χ2v) is 7.06. The molecule has 1 aromatic rings. The number of carbonyl (C=O) groups excluding carboxylic acids is 3. The van der Waals surface area contributed by atoms with E-state index < -0.39 is 36.2 Å². The molecule has 9 nitrogen and oxygen atoms in total. The number of imide groups is 1. The first kappa shape index (κ1) is 22.3. The number of aliphatic carboxylic acids is 1. The number of nitrogens with zero attached hydrogens (tertiary/aromatic N) is 1. The zero-order chi connectivity index (χ0) is 21.6. The van der Waals surface area contributed by atoms with Crippen LogP contribution in [0.5, 0.6) is 11.5 Å². The summed E-state index contributed by atoms with van der Waals surface area (Å²) in [4.78, 5) is 48.1. The quantitative estimate of drug-likeness (QED) is 0.472. The molecule has 0 saturated carbocycles. The fraction of sp³-hybridized carbons (Fsp3) is 0.368. The van der Waals surface area contributed by atoms with Gasteiger partial charge in [0.1, 0.15) is 6.54 Å². The maximum atomic E-state index is 12.5. The maximum absolute atomic E-state index is 12.5. The molecule has 0 aromatic heterocycles. The highest BCUT2D eigenvalue weighted by Gasteiger charge is 2.36. The van der Waals surface area contributed by atoms with Gasteiger partial charge in [-0.25, -0.2) is 4.79 Å². The van der Waals surface area contributed by atoms with Crippen LogP contribution in [0.15, 0.2) is 23.1 Å². The summed E-state index contributed by atoms with van der Waals surface area (Å²) in [5.41, 5.74) is 0.539. The summed E-state index contributed by atoms with van der Waals surface area (Å²) in [6.45, 7) is 2.61. The van der Waals surface area contributed by atoms with Crippen molar-refractivity contribution in [3.8, 4) is 11.5 Å². The van der Waals surface area contributed by atoms with Crippen molar-refractivity contribution in [3.63, 3.8) is 0 Å². The number of ether oxygens (including phenoxy) is 3. The molecule has 0 spiro atoms. The van der Waals surface area contributed by atoms with Crippen LogP contribution in [0.1, 0.15) is 25.8 Å². The Balaban J connectivity index is 2.14. The standard InChI is InChI=1S/C19H21NO8S/c1-4-11(2)28-17(23)9-20-18(24)15(29-19(20)25)8-12-5-6-13(14(7-12)26-3)27-10-16(21)22/h5-8,11H,4,9-10H2,1-3H3,(H,21,22)/b15-8+/t11-/m1/s1. The van der Waals surface area contributed by atoms with Gasteiger partial charge >= 0.3 is 11.9 Å². The Morgan fingerprint density at radius 2 is 2.00 bits per heavy atom. The van der Waals surface area contributed by atoms with Gasteiger partial charge in [0.2, 0.25) is 0 Å². The minimum Gasteiger partial charge on any atom is -0.493 e. The summed E-state index contributed by atoms with van der Waals surface area (Å²) in [6.07, 6.45) is 1.81. The van der Waals surface area contributed by atoms with E-state index in [9.17, 15) is 19.2 Å². The number of carboxylic acids is 1. The Morgan fingerprint density at radius 3 is 2.62 bits per heavy atom. The highest BCUT2D eigenvalue weighted by molar-refractivity contribution is 8.18. The average Bonchev–Trinajstić information content (AvgIpc) is 2.93. The first-order valence-electron chi connectivity index (χ1n) is 8.72. The largest absolute Gasteiger partial charge is 0.493 e. The monoisotopic (exact) mass is 423 g/mol. The third-order valence-corrected chi connectivity index (χ3v) is 4.81. The van der Waals surface area contributed by atoms with Crippen LogP contribution >= 0.6 is 11.8 Å². The maximum Gasteiger partial charge on any atom is 0.341 e. The van der Waals surface area contributed by atoms with E-state index in [1.807, 2.05) is 6.92 Å². The molecule has 1 aliphatic heterocycles. The molecule has 29 heavy (non-hydrogen) atoms. The van der Waals surface area contributed by atoms with Crippen LogP contribution in [-0.2, 0) is 19.1 Å². The van der Waals surface area contributed by atoms with Crippen molar-refractivity contribution in [1.29, 1.82) is 0 Å². The number of methoxy groups -OCH3 is 1. The van der Waals surface area contributed by atoms with Crippen LogP contribution in [-0.4, -0.2) is 59.5 Å². The minimum absolute atomic E-state index is 0.146. The summed E-state index contributed by atoms with van der Waals surface area (Å²) in [5.74, 6) is -1.86. The van der Waals surface area contributed by atoms with Crippen molar-refractivity contribution in [2.24, 2.45) is 0 Å². The molecular weight excluding hydrogens is 402 g/mol. The Morgan fingerprint density at radius 1 is 1.28 bits per heavy atom. The number of carbonyl (C=O) groups is 4. The topological polar surface area (TPSA) is 119 Å². The minimum atomic E-state index is -1.13. The van der Waals surface area contributed by atoms with Crippen molar-refractivity contribution in [2.45, 2.75) is 26.4 Å². The summed E-state index contributed by atoms with van der Waals surface area (Å²) in [6, 6.07) is 4.63. The van der Waals surface area contributed by atoms with Crippen LogP contribution in [0.2, 0.25) is 0 Å². The van der Waals surface area contributed by atoms with Gasteiger partial charge in [-0.2, -0.15) is 0 Å². The lowest BCUT2D eigenvalue weighted by atomic mass is 10.2. The van der Waals surface area contributed by atoms with Gasteiger partial charge in [-0.15, -0.1) is 0 Å². The van der Waals surface area contributed by atoms with E-state index in [0.29, 0.717) is 23.7 Å². The molecule has 1 aromatic carbocycles. The Bertz CT molecular complexity index is 851. The Labute approximate surface area is 171 Å². The van der Waals surface area contributed by atoms with E-state index in [2.05, 4.69) is 0 Å². The number of carboxylic acid groups (broad SMARTS) is 1. The molecule has 0 unspecified atom stereocenters. The lowest BCUT2D eigenvalue weighted by molar-refractivity contribution is -0.150. The van der Waals surface area contributed by atoms with Gasteiger partial charge in [-0.3, -0.25) is 19.3 Å². The van der Waals surface area contributed by atoms with Gasteiger partial charge in [-0.05, 0) is 48.9 Å². The Kier molecular flexibility index (Phi) is 7.66. The number of amides is 2. The second-order valence-electron chi connectivity index (χ2n) is 6.07. The van der Waals surface area contributed by atoms with Crippen molar-refractivity contribution < 1.29 is 38.5 Å². The number of hydrogen-bond acceptors (Lipinski definition) is 8. The first-order chi connectivity index (χ1) is 13.7. The fourth-order valence-corrected chi connectivity index (χ4v) is 3.13. The SMILES string of the molecule is CC[C@@H](C)OC(=O)CN1C(=O)S/C(=C/c2ccc(OCC(=O)O)c(OC)c2)C1=O. The highest BCUT2D eigenvalue weighted by Crippen LogP contribution is 2.34. The molecule has 1 saturated heterocycles. The van der Waals surface area contributed by atoms with Gasteiger partial charge in [0.05, 0.1) is 18.1 Å². The van der Waals surface area contributed by atoms with Crippen LogP contribution in [0, 0.1) is 0 Å². The molecule has 10 heteroatoms. The molecule has 156 valence electrons. The average molecular weight is 423 g/mol. The highest BCUT2D eigenvalue weighted by atomic mass is 32.2. The number of hydrogen-bond donors (Lipinski definition) is 1. The predicted molar refractivity (Wildman–Crippen MR) is 105 cm³/mol. The van der Waals surface area contributed by atoms with Crippen LogP contribution < -0.4 is 9.47 Å². The van der Waals surface area contributed by atoms with Gasteiger partial charge in [-0.1, -0.05) is 13.0 Å². The molecular formula is C19H21NO8S. The van der Waals surface area contributed by atoms with Crippen molar-refractivity contribution in [1.82, 2.24) is 4.90 Å². The summed E-state index contributed by atoms with van der Waals surface area (Å²) < 4.78 is 15.4. The van der Waals surface area contributed by atoms with Gasteiger partial charge in [0.15, 0.2) is 18.1 Å². The van der Waals surface area contributed by atoms with Crippen LogP contribution in [0.25, 0.3) is 6.08 Å². The van der Waals surface area contributed by atoms with Gasteiger partial charge < -0.3 is 19.3 Å². The first-order valence-corrected chi connectivity index (χ1v) is 9.54. The molecule has 1 N–H and O–H groups in total. The van der Waals surface area contributed by atoms with Crippen LogP contribution in [0.4, 0.5) is 4.79 Å². The molecule has 2 amide bonds. The molecule has 0 aliphatic carbocycles. The van der Waals surface area contributed by atoms with E-state index in [4.69, 9.17) is 19.3 Å². The summed E-state index contributed by atoms with van der Waals surface area (Å²) in [7, 11) is 1.39. The molecule has 1 fully saturated rings. The van der Waals surface area contributed by atoms with Gasteiger partial charge in [0.25, 0.3) is 11.1 Å². The molecule has 1 atom stereocenters. The lowest BCUT2D eigenvalue weighted by Crippen LogP contribution is -2.35. The molecule has 1 aliphatic rings. The van der Waals surface area contributed by atoms with Crippen LogP contribution in [0.3, 0.4) is 0 Å². The third-order valence-electron chi connectivity index (χ3n) is 3.90. The van der Waals surface area contributed by atoms with E-state index in [1.165, 1.54) is 19.3 Å². The molecule has 0 radical (unpaired) electrons. The lowest BCUT2D eigenvalue weighted by Gasteiger charge is -2.14. The fourth-order valence-electron chi connectivity index (χ4n) is 2.29. The summed E-state index contributed by atoms with van der Waals surface area (Å²) in [5, 5.41) is 8.14. The number of esters is 1. The van der Waals surface area contributed by atoms with Crippen molar-refractivity contribution in [3.05, 3.63) is 28.7 Å². The third kappa shape index (κ3) is 5.98. The summed E-state index contributed by atoms with van der Waals surface area (Å²) >= 11 is 0.716. The molecule has 0 bridgehead atoms. The molecule has 1 heterocycles.